The first kappa shape index (κ1) is 8.81. The quantitative estimate of drug-likeness (QED) is 0.455. The Bertz CT molecular complexity index is 54.5. The van der Waals surface area contributed by atoms with Gasteiger partial charge in [0.15, 0.2) is 0 Å². The van der Waals surface area contributed by atoms with E-state index in [4.69, 9.17) is 4.74 Å². The lowest BCUT2D eigenvalue weighted by molar-refractivity contribution is 0.109. The second-order valence-corrected chi connectivity index (χ2v) is 1.77. The van der Waals surface area contributed by atoms with Gasteiger partial charge in [0.1, 0.15) is 0 Å². The van der Waals surface area contributed by atoms with Gasteiger partial charge in [-0.05, 0) is 0 Å². The SMILES string of the molecule is C1COCCN1.NC=S. The first-order chi connectivity index (χ1) is 4.41. The van der Waals surface area contributed by atoms with Crippen molar-refractivity contribution in [1.82, 2.24) is 5.32 Å². The molecule has 3 nitrogen and oxygen atoms in total. The molecule has 1 rings (SSSR count). The molecule has 1 saturated heterocycles. The first-order valence-electron chi connectivity index (χ1n) is 2.85. The molecule has 0 aliphatic carbocycles. The number of hydrogen-bond acceptors (Lipinski definition) is 3. The van der Waals surface area contributed by atoms with E-state index in [1.54, 1.807) is 0 Å². The Kier molecular flexibility index (Phi) is 7.65. The average Bonchev–Trinajstić information content (AvgIpc) is 1.93. The minimum atomic E-state index is 0.889. The average molecular weight is 148 g/mol. The van der Waals surface area contributed by atoms with Crippen LogP contribution in [0.15, 0.2) is 0 Å². The third-order valence-electron chi connectivity index (χ3n) is 0.846. The van der Waals surface area contributed by atoms with Crippen molar-refractivity contribution in [2.75, 3.05) is 26.3 Å². The molecule has 0 amide bonds. The predicted octanol–water partition coefficient (Wildman–Crippen LogP) is -0.491. The molecule has 0 spiro atoms. The summed E-state index contributed by atoms with van der Waals surface area (Å²) in [7, 11) is 0. The molecule has 0 unspecified atom stereocenters. The van der Waals surface area contributed by atoms with Gasteiger partial charge in [-0.1, -0.05) is 12.2 Å². The van der Waals surface area contributed by atoms with Gasteiger partial charge in [0, 0.05) is 13.1 Å². The van der Waals surface area contributed by atoms with Gasteiger partial charge >= 0.3 is 0 Å². The van der Waals surface area contributed by atoms with Gasteiger partial charge < -0.3 is 15.8 Å². The maximum absolute atomic E-state index is 5.01. The summed E-state index contributed by atoms with van der Waals surface area (Å²) in [6.45, 7) is 3.83. The molecule has 0 aromatic carbocycles. The Hall–Kier alpha value is -0.190. The Morgan fingerprint density at radius 2 is 1.89 bits per heavy atom. The molecule has 1 fully saturated rings. The second kappa shape index (κ2) is 7.81. The number of rotatable bonds is 0. The number of morpholine rings is 1. The van der Waals surface area contributed by atoms with Gasteiger partial charge in [0.05, 0.1) is 18.7 Å². The Labute approximate surface area is 60.6 Å². The van der Waals surface area contributed by atoms with Crippen molar-refractivity contribution in [2.45, 2.75) is 0 Å². The molecule has 3 N–H and O–H groups in total. The van der Waals surface area contributed by atoms with Crippen molar-refractivity contribution in [3.8, 4) is 0 Å². The molecular formula is C5H12N2OS. The Morgan fingerprint density at radius 3 is 2.00 bits per heavy atom. The normalized spacial score (nSPS) is 17.3. The molecule has 0 saturated carbocycles. The van der Waals surface area contributed by atoms with Crippen LogP contribution in [0.2, 0.25) is 0 Å². The number of thiocarbonyl (C=S) groups is 1. The summed E-state index contributed by atoms with van der Waals surface area (Å²) in [5.74, 6) is 0. The highest BCUT2D eigenvalue weighted by Crippen LogP contribution is 1.76. The van der Waals surface area contributed by atoms with Gasteiger partial charge in [-0.15, -0.1) is 0 Å². The first-order valence-corrected chi connectivity index (χ1v) is 3.32. The predicted molar refractivity (Wildman–Crippen MR) is 41.5 cm³/mol. The van der Waals surface area contributed by atoms with Crippen LogP contribution in [-0.2, 0) is 4.74 Å². The van der Waals surface area contributed by atoms with Crippen molar-refractivity contribution in [3.05, 3.63) is 0 Å². The molecule has 1 aliphatic rings. The Morgan fingerprint density at radius 1 is 1.44 bits per heavy atom. The summed E-state index contributed by atoms with van der Waals surface area (Å²) in [5, 5.41) is 3.16. The van der Waals surface area contributed by atoms with Crippen LogP contribution in [0.3, 0.4) is 0 Å². The van der Waals surface area contributed by atoms with Crippen LogP contribution in [0.25, 0.3) is 0 Å². The molecule has 0 radical (unpaired) electrons. The van der Waals surface area contributed by atoms with Gasteiger partial charge in [-0.3, -0.25) is 0 Å². The number of nitrogens with one attached hydrogen (secondary N) is 1. The monoisotopic (exact) mass is 148 g/mol. The van der Waals surface area contributed by atoms with E-state index in [1.165, 1.54) is 0 Å². The van der Waals surface area contributed by atoms with Crippen LogP contribution in [0.5, 0.6) is 0 Å². The summed E-state index contributed by atoms with van der Waals surface area (Å²) in [6.07, 6.45) is 0. The fraction of sp³-hybridized carbons (Fsp3) is 0.800. The van der Waals surface area contributed by atoms with E-state index in [1.807, 2.05) is 0 Å². The fourth-order valence-corrected chi connectivity index (χ4v) is 0.516. The highest BCUT2D eigenvalue weighted by molar-refractivity contribution is 7.78. The molecule has 1 heterocycles. The molecule has 0 aromatic heterocycles. The minimum absolute atomic E-state index is 0.889. The number of hydrogen-bond donors (Lipinski definition) is 2. The lowest BCUT2D eigenvalue weighted by Gasteiger charge is -2.10. The van der Waals surface area contributed by atoms with E-state index >= 15 is 0 Å². The number of ether oxygens (including phenoxy) is 1. The molecule has 0 aromatic rings. The van der Waals surface area contributed by atoms with E-state index in [9.17, 15) is 0 Å². The summed E-state index contributed by atoms with van der Waals surface area (Å²) in [5.41, 5.74) is 5.62. The number of nitrogens with two attached hydrogens (primary N) is 1. The lowest BCUT2D eigenvalue weighted by atomic mass is 10.5. The Balaban J connectivity index is 0.000000187. The van der Waals surface area contributed by atoms with Crippen molar-refractivity contribution in [1.29, 1.82) is 0 Å². The van der Waals surface area contributed by atoms with Crippen molar-refractivity contribution in [3.63, 3.8) is 0 Å². The van der Waals surface area contributed by atoms with Crippen LogP contribution < -0.4 is 11.1 Å². The van der Waals surface area contributed by atoms with Gasteiger partial charge in [-0.2, -0.15) is 0 Å². The topological polar surface area (TPSA) is 47.3 Å². The largest absolute Gasteiger partial charge is 0.396 e. The zero-order valence-electron chi connectivity index (χ0n) is 5.30. The van der Waals surface area contributed by atoms with Crippen molar-refractivity contribution >= 4 is 17.7 Å². The molecule has 1 aliphatic heterocycles. The maximum atomic E-state index is 5.01. The summed E-state index contributed by atoms with van der Waals surface area (Å²) < 4.78 is 5.01. The molecule has 4 heteroatoms. The van der Waals surface area contributed by atoms with Crippen LogP contribution in [0.1, 0.15) is 0 Å². The molecule has 0 bridgehead atoms. The second-order valence-electron chi connectivity index (χ2n) is 1.50. The van der Waals surface area contributed by atoms with Crippen LogP contribution in [-0.4, -0.2) is 31.8 Å². The zero-order valence-corrected chi connectivity index (χ0v) is 6.12. The van der Waals surface area contributed by atoms with E-state index in [2.05, 4.69) is 23.3 Å². The van der Waals surface area contributed by atoms with Crippen molar-refractivity contribution < 1.29 is 4.74 Å². The highest BCUT2D eigenvalue weighted by atomic mass is 32.1. The van der Waals surface area contributed by atoms with Gasteiger partial charge in [-0.25, -0.2) is 0 Å². The van der Waals surface area contributed by atoms with Crippen LogP contribution in [0, 0.1) is 0 Å². The summed E-state index contributed by atoms with van der Waals surface area (Å²) in [4.78, 5) is 0. The smallest absolute Gasteiger partial charge is 0.0591 e. The van der Waals surface area contributed by atoms with E-state index in [0.29, 0.717) is 0 Å². The van der Waals surface area contributed by atoms with E-state index < -0.39 is 0 Å². The maximum Gasteiger partial charge on any atom is 0.0591 e. The summed E-state index contributed by atoms with van der Waals surface area (Å²) in [6, 6.07) is 0. The molecule has 9 heavy (non-hydrogen) atoms. The molecule has 0 atom stereocenters. The third kappa shape index (κ3) is 7.81. The van der Waals surface area contributed by atoms with Crippen LogP contribution in [0.4, 0.5) is 0 Å². The van der Waals surface area contributed by atoms with Gasteiger partial charge in [0.25, 0.3) is 0 Å². The van der Waals surface area contributed by atoms with E-state index in [0.717, 1.165) is 31.8 Å². The highest BCUT2D eigenvalue weighted by Gasteiger charge is 1.92. The zero-order chi connectivity index (χ0) is 6.95. The van der Waals surface area contributed by atoms with Crippen molar-refractivity contribution in [2.24, 2.45) is 5.73 Å². The van der Waals surface area contributed by atoms with Gasteiger partial charge in [0.2, 0.25) is 0 Å². The third-order valence-corrected chi connectivity index (χ3v) is 0.846. The molecular weight excluding hydrogens is 136 g/mol. The minimum Gasteiger partial charge on any atom is -0.396 e. The fourth-order valence-electron chi connectivity index (χ4n) is 0.516. The van der Waals surface area contributed by atoms with E-state index in [-0.39, 0.29) is 0 Å². The standard InChI is InChI=1S/C4H9NO.CH3NS/c1-3-6-4-2-5-1;2-1-3/h5H,1-4H2;1H,(H2,2,3). The van der Waals surface area contributed by atoms with Crippen LogP contribution >= 0.6 is 12.2 Å². The summed E-state index contributed by atoms with van der Waals surface area (Å²) >= 11 is 4.05. The lowest BCUT2D eigenvalue weighted by Crippen LogP contribution is -2.30. The molecule has 54 valence electrons.